The molecule has 1 atom stereocenters. The quantitative estimate of drug-likeness (QED) is 0.325. The van der Waals surface area contributed by atoms with Gasteiger partial charge >= 0.3 is 0 Å². The van der Waals surface area contributed by atoms with Gasteiger partial charge in [-0.05, 0) is 94.6 Å². The Bertz CT molecular complexity index is 1770. The zero-order valence-corrected chi connectivity index (χ0v) is 27.1. The van der Waals surface area contributed by atoms with Crippen molar-refractivity contribution in [2.75, 3.05) is 45.7 Å². The van der Waals surface area contributed by atoms with Crippen LogP contribution in [0.5, 0.6) is 11.5 Å². The molecular weight excluding hydrogens is 592 g/mol. The Kier molecular flexibility index (Phi) is 8.49. The van der Waals surface area contributed by atoms with E-state index in [1.807, 2.05) is 18.7 Å². The van der Waals surface area contributed by atoms with Crippen LogP contribution in [0.1, 0.15) is 64.1 Å². The molecule has 2 amide bonds. The predicted molar refractivity (Wildman–Crippen MR) is 173 cm³/mol. The van der Waals surface area contributed by atoms with Crippen molar-refractivity contribution in [3.05, 3.63) is 70.0 Å². The normalized spacial score (nSPS) is 19.3. The standard InChI is InChI=1S/C34H40N4O6S/c1-21-29(35-22(2)32(21)34(40)38-16-8-9-23(38)19-37-14-5-6-15-37)18-26-25-17-24(12-13-28(25)36-33(26)39)45(41,42)20-27-30(43-3)10-7-11-31(27)44-4/h7,10-13,17-18,23,35H,5-6,8-9,14-16,19-20H2,1-4H3,(H,36,39)/t23-/m1/s1. The van der Waals surface area contributed by atoms with Crippen LogP contribution in [-0.2, 0) is 20.4 Å². The summed E-state index contributed by atoms with van der Waals surface area (Å²) in [5, 5.41) is 2.85. The Morgan fingerprint density at radius 1 is 1.02 bits per heavy atom. The van der Waals surface area contributed by atoms with Crippen LogP contribution >= 0.6 is 0 Å². The van der Waals surface area contributed by atoms with Gasteiger partial charge in [-0.3, -0.25) is 9.59 Å². The predicted octanol–water partition coefficient (Wildman–Crippen LogP) is 4.82. The van der Waals surface area contributed by atoms with Gasteiger partial charge < -0.3 is 29.6 Å². The topological polar surface area (TPSA) is 121 Å². The van der Waals surface area contributed by atoms with Crippen LogP contribution in [0.25, 0.3) is 11.6 Å². The number of aryl methyl sites for hydroxylation is 1. The number of likely N-dealkylation sites (tertiary alicyclic amines) is 2. The fourth-order valence-electron chi connectivity index (χ4n) is 6.93. The molecule has 2 fully saturated rings. The first-order valence-electron chi connectivity index (χ1n) is 15.4. The van der Waals surface area contributed by atoms with Crippen LogP contribution in [0.3, 0.4) is 0 Å². The van der Waals surface area contributed by atoms with Crippen molar-refractivity contribution in [2.45, 2.75) is 56.2 Å². The van der Waals surface area contributed by atoms with Crippen molar-refractivity contribution in [1.29, 1.82) is 0 Å². The van der Waals surface area contributed by atoms with E-state index < -0.39 is 9.84 Å². The molecule has 6 rings (SSSR count). The molecule has 0 spiro atoms. The minimum atomic E-state index is -3.85. The first-order chi connectivity index (χ1) is 21.6. The molecule has 0 radical (unpaired) electrons. The number of amides is 2. The van der Waals surface area contributed by atoms with E-state index in [9.17, 15) is 18.0 Å². The summed E-state index contributed by atoms with van der Waals surface area (Å²) in [5.41, 5.74) is 4.56. The molecule has 238 valence electrons. The summed E-state index contributed by atoms with van der Waals surface area (Å²) in [5.74, 6) is 0.168. The number of carbonyl (C=O) groups excluding carboxylic acids is 2. The van der Waals surface area contributed by atoms with Gasteiger partial charge in [-0.1, -0.05) is 6.07 Å². The summed E-state index contributed by atoms with van der Waals surface area (Å²) < 4.78 is 38.1. The van der Waals surface area contributed by atoms with Crippen molar-refractivity contribution in [1.82, 2.24) is 14.8 Å². The molecule has 2 N–H and O–H groups in total. The Labute approximate surface area is 264 Å². The molecule has 3 aliphatic rings. The largest absolute Gasteiger partial charge is 0.496 e. The summed E-state index contributed by atoms with van der Waals surface area (Å²) in [6, 6.07) is 9.95. The van der Waals surface area contributed by atoms with Crippen LogP contribution in [0.15, 0.2) is 41.3 Å². The second-order valence-corrected chi connectivity index (χ2v) is 14.1. The highest BCUT2D eigenvalue weighted by Crippen LogP contribution is 2.38. The van der Waals surface area contributed by atoms with Gasteiger partial charge in [0.05, 0.1) is 41.6 Å². The third-order valence-electron chi connectivity index (χ3n) is 9.28. The van der Waals surface area contributed by atoms with E-state index >= 15 is 0 Å². The molecule has 3 aliphatic heterocycles. The van der Waals surface area contributed by atoms with E-state index in [0.29, 0.717) is 45.1 Å². The van der Waals surface area contributed by atoms with Gasteiger partial charge in [-0.25, -0.2) is 8.42 Å². The highest BCUT2D eigenvalue weighted by molar-refractivity contribution is 7.90. The van der Waals surface area contributed by atoms with Gasteiger partial charge in [0, 0.05) is 41.8 Å². The van der Waals surface area contributed by atoms with Gasteiger partial charge in [-0.2, -0.15) is 0 Å². The van der Waals surface area contributed by atoms with Crippen LogP contribution in [0.4, 0.5) is 5.69 Å². The average Bonchev–Trinajstić information content (AvgIpc) is 3.81. The number of H-pyrrole nitrogens is 1. The Hall–Kier alpha value is -4.09. The molecule has 3 aromatic rings. The molecule has 2 saturated heterocycles. The minimum absolute atomic E-state index is 0.0176. The number of benzene rings is 2. The van der Waals surface area contributed by atoms with Crippen molar-refractivity contribution in [2.24, 2.45) is 0 Å². The average molecular weight is 633 g/mol. The highest BCUT2D eigenvalue weighted by atomic mass is 32.2. The van der Waals surface area contributed by atoms with Crippen molar-refractivity contribution in [3.8, 4) is 11.5 Å². The number of fused-ring (bicyclic) bond motifs is 1. The van der Waals surface area contributed by atoms with E-state index in [4.69, 9.17) is 9.47 Å². The fourth-order valence-corrected chi connectivity index (χ4v) is 8.33. The smallest absolute Gasteiger partial charge is 0.256 e. The number of anilines is 1. The van der Waals surface area contributed by atoms with Crippen molar-refractivity contribution < 1.29 is 27.5 Å². The third-order valence-corrected chi connectivity index (χ3v) is 10.9. The van der Waals surface area contributed by atoms with Gasteiger partial charge in [0.2, 0.25) is 0 Å². The van der Waals surface area contributed by atoms with Crippen LogP contribution in [0, 0.1) is 13.8 Å². The highest BCUT2D eigenvalue weighted by Gasteiger charge is 2.34. The molecule has 0 saturated carbocycles. The van der Waals surface area contributed by atoms with E-state index in [0.717, 1.165) is 50.3 Å². The molecule has 45 heavy (non-hydrogen) atoms. The Morgan fingerprint density at radius 2 is 1.73 bits per heavy atom. The number of carbonyl (C=O) groups is 2. The molecular formula is C34H40N4O6S. The van der Waals surface area contributed by atoms with E-state index in [1.54, 1.807) is 30.3 Å². The van der Waals surface area contributed by atoms with Crippen molar-refractivity contribution in [3.63, 3.8) is 0 Å². The minimum Gasteiger partial charge on any atom is -0.496 e. The van der Waals surface area contributed by atoms with Gasteiger partial charge in [0.1, 0.15) is 11.5 Å². The summed E-state index contributed by atoms with van der Waals surface area (Å²) >= 11 is 0. The number of rotatable bonds is 9. The molecule has 0 unspecified atom stereocenters. The number of aromatic amines is 1. The summed E-state index contributed by atoms with van der Waals surface area (Å²) in [7, 11) is -0.883. The summed E-state index contributed by atoms with van der Waals surface area (Å²) in [6.07, 6.45) is 6.15. The summed E-state index contributed by atoms with van der Waals surface area (Å²) in [6.45, 7) is 7.62. The Morgan fingerprint density at radius 3 is 2.42 bits per heavy atom. The van der Waals surface area contributed by atoms with E-state index in [1.165, 1.54) is 39.2 Å². The number of hydrogen-bond donors (Lipinski definition) is 2. The first kappa shape index (κ1) is 30.9. The number of ether oxygens (including phenoxy) is 2. The lowest BCUT2D eigenvalue weighted by molar-refractivity contribution is -0.110. The molecule has 0 aliphatic carbocycles. The van der Waals surface area contributed by atoms with Crippen molar-refractivity contribution >= 4 is 39.0 Å². The first-order valence-corrected chi connectivity index (χ1v) is 17.1. The summed E-state index contributed by atoms with van der Waals surface area (Å²) in [4.78, 5) is 34.9. The zero-order valence-electron chi connectivity index (χ0n) is 26.2. The number of nitrogens with one attached hydrogen (secondary N) is 2. The molecule has 10 nitrogen and oxygen atoms in total. The number of sulfone groups is 1. The fraction of sp³-hybridized carbons (Fsp3) is 0.412. The third kappa shape index (κ3) is 5.86. The number of hydrogen-bond acceptors (Lipinski definition) is 7. The van der Waals surface area contributed by atoms with Gasteiger partial charge in [0.15, 0.2) is 9.84 Å². The van der Waals surface area contributed by atoms with E-state index in [-0.39, 0.29) is 28.5 Å². The van der Waals surface area contributed by atoms with Gasteiger partial charge in [-0.15, -0.1) is 0 Å². The lowest BCUT2D eigenvalue weighted by Gasteiger charge is -2.28. The number of methoxy groups -OCH3 is 2. The second kappa shape index (κ2) is 12.4. The number of aromatic nitrogens is 1. The molecule has 1 aromatic heterocycles. The molecule has 0 bridgehead atoms. The van der Waals surface area contributed by atoms with E-state index in [2.05, 4.69) is 15.2 Å². The number of nitrogens with zero attached hydrogens (tertiary/aromatic N) is 2. The molecule has 4 heterocycles. The molecule has 2 aromatic carbocycles. The lowest BCUT2D eigenvalue weighted by Crippen LogP contribution is -2.42. The maximum absolute atomic E-state index is 13.9. The second-order valence-electron chi connectivity index (χ2n) is 12.1. The SMILES string of the molecule is COc1cccc(OC)c1CS(=O)(=O)c1ccc2c(c1)C(=Cc1[nH]c(C)c(C(=O)N3CCC[C@@H]3CN3CCCC3)c1C)C(=O)N2. The maximum atomic E-state index is 13.9. The van der Waals surface area contributed by atoms with Crippen LogP contribution < -0.4 is 14.8 Å². The van der Waals surface area contributed by atoms with Crippen LogP contribution in [0.2, 0.25) is 0 Å². The molecule has 11 heteroatoms. The lowest BCUT2D eigenvalue weighted by atomic mass is 10.0. The zero-order chi connectivity index (χ0) is 31.9. The Balaban J connectivity index is 1.29. The maximum Gasteiger partial charge on any atom is 0.256 e. The van der Waals surface area contributed by atoms with Gasteiger partial charge in [0.25, 0.3) is 11.8 Å². The van der Waals surface area contributed by atoms with Crippen LogP contribution in [-0.4, -0.2) is 81.5 Å². The monoisotopic (exact) mass is 632 g/mol.